The van der Waals surface area contributed by atoms with Gasteiger partial charge in [0.2, 0.25) is 0 Å². The Morgan fingerprint density at radius 1 is 1.20 bits per heavy atom. The molecule has 1 aliphatic heterocycles. The second-order valence-electron chi connectivity index (χ2n) is 7.08. The third kappa shape index (κ3) is 4.93. The first-order valence-electron chi connectivity index (χ1n) is 9.12. The van der Waals surface area contributed by atoms with E-state index in [2.05, 4.69) is 16.0 Å². The lowest BCUT2D eigenvalue weighted by Gasteiger charge is -2.36. The molecule has 6 nitrogen and oxygen atoms in total. The van der Waals surface area contributed by atoms with Crippen LogP contribution in [0.3, 0.4) is 0 Å². The lowest BCUT2D eigenvalue weighted by atomic mass is 9.85. The van der Waals surface area contributed by atoms with E-state index < -0.39 is 5.97 Å². The number of hydrogen-bond acceptors (Lipinski definition) is 5. The number of aromatic nitrogens is 1. The number of ether oxygens (including phenoxy) is 1. The minimum absolute atomic E-state index is 0.287. The van der Waals surface area contributed by atoms with Gasteiger partial charge in [0.15, 0.2) is 0 Å². The van der Waals surface area contributed by atoms with E-state index in [4.69, 9.17) is 15.1 Å². The number of rotatable bonds is 5. The SMILES string of the molecule is N#Cc1ccc(N2CCC(O[C@H]3CC[C@@H](CC(=O)O)CC3)CC2)nc1. The van der Waals surface area contributed by atoms with Crippen molar-refractivity contribution in [2.75, 3.05) is 18.0 Å². The molecule has 2 heterocycles. The van der Waals surface area contributed by atoms with Crippen LogP contribution in [0.2, 0.25) is 0 Å². The lowest BCUT2D eigenvalue weighted by Crippen LogP contribution is -2.39. The van der Waals surface area contributed by atoms with Crippen molar-refractivity contribution >= 4 is 11.8 Å². The summed E-state index contributed by atoms with van der Waals surface area (Å²) >= 11 is 0. The van der Waals surface area contributed by atoms with Crippen molar-refractivity contribution in [3.63, 3.8) is 0 Å². The summed E-state index contributed by atoms with van der Waals surface area (Å²) in [5.41, 5.74) is 0.584. The smallest absolute Gasteiger partial charge is 0.303 e. The molecule has 1 aromatic rings. The maximum Gasteiger partial charge on any atom is 0.303 e. The summed E-state index contributed by atoms with van der Waals surface area (Å²) in [6, 6.07) is 5.80. The Bertz CT molecular complexity index is 610. The molecule has 6 heteroatoms. The summed E-state index contributed by atoms with van der Waals surface area (Å²) in [4.78, 5) is 17.4. The molecule has 0 amide bonds. The number of carbonyl (C=O) groups is 1. The fourth-order valence-corrected chi connectivity index (χ4v) is 3.85. The molecule has 2 aliphatic rings. The molecular weight excluding hydrogens is 318 g/mol. The first-order chi connectivity index (χ1) is 12.1. The Balaban J connectivity index is 1.41. The van der Waals surface area contributed by atoms with Crippen LogP contribution in [0.5, 0.6) is 0 Å². The van der Waals surface area contributed by atoms with Gasteiger partial charge in [0, 0.05) is 25.7 Å². The summed E-state index contributed by atoms with van der Waals surface area (Å²) < 4.78 is 6.27. The molecule has 1 aromatic heterocycles. The average molecular weight is 343 g/mol. The van der Waals surface area contributed by atoms with Crippen LogP contribution in [0, 0.1) is 17.2 Å². The highest BCUT2D eigenvalue weighted by molar-refractivity contribution is 5.67. The predicted octanol–water partition coefficient (Wildman–Crippen LogP) is 2.97. The number of aliphatic carboxylic acids is 1. The van der Waals surface area contributed by atoms with Gasteiger partial charge >= 0.3 is 5.97 Å². The van der Waals surface area contributed by atoms with E-state index in [1.54, 1.807) is 12.3 Å². The Hall–Kier alpha value is -2.13. The number of hydrogen-bond donors (Lipinski definition) is 1. The number of nitriles is 1. The Morgan fingerprint density at radius 2 is 1.88 bits per heavy atom. The van der Waals surface area contributed by atoms with E-state index >= 15 is 0 Å². The van der Waals surface area contributed by atoms with Gasteiger partial charge in [-0.15, -0.1) is 0 Å². The minimum atomic E-state index is -0.687. The normalized spacial score (nSPS) is 24.7. The van der Waals surface area contributed by atoms with Gasteiger partial charge in [-0.2, -0.15) is 5.26 Å². The van der Waals surface area contributed by atoms with Crippen LogP contribution in [0.15, 0.2) is 18.3 Å². The Morgan fingerprint density at radius 3 is 2.44 bits per heavy atom. The van der Waals surface area contributed by atoms with Crippen molar-refractivity contribution in [2.45, 2.75) is 57.2 Å². The predicted molar refractivity (Wildman–Crippen MR) is 93.3 cm³/mol. The third-order valence-electron chi connectivity index (χ3n) is 5.28. The van der Waals surface area contributed by atoms with Gasteiger partial charge in [-0.25, -0.2) is 4.98 Å². The Labute approximate surface area is 148 Å². The highest BCUT2D eigenvalue weighted by Crippen LogP contribution is 2.30. The molecule has 1 saturated carbocycles. The first kappa shape index (κ1) is 17.7. The summed E-state index contributed by atoms with van der Waals surface area (Å²) in [6.45, 7) is 1.83. The number of pyridine rings is 1. The second kappa shape index (κ2) is 8.30. The van der Waals surface area contributed by atoms with Gasteiger partial charge in [0.05, 0.1) is 17.8 Å². The van der Waals surface area contributed by atoms with Gasteiger partial charge in [-0.1, -0.05) is 0 Å². The number of carboxylic acid groups (broad SMARTS) is 1. The molecule has 3 rings (SSSR count). The Kier molecular flexibility index (Phi) is 5.87. The van der Waals surface area contributed by atoms with Crippen molar-refractivity contribution in [2.24, 2.45) is 5.92 Å². The molecule has 25 heavy (non-hydrogen) atoms. The van der Waals surface area contributed by atoms with Crippen LogP contribution < -0.4 is 4.90 Å². The molecule has 0 spiro atoms. The summed E-state index contributed by atoms with van der Waals surface area (Å²) in [6.07, 6.45) is 8.34. The summed E-state index contributed by atoms with van der Waals surface area (Å²) in [5.74, 6) is 0.557. The van der Waals surface area contributed by atoms with E-state index in [0.29, 0.717) is 17.9 Å². The van der Waals surface area contributed by atoms with E-state index in [-0.39, 0.29) is 12.2 Å². The molecule has 134 valence electrons. The molecule has 0 aromatic carbocycles. The fourth-order valence-electron chi connectivity index (χ4n) is 3.85. The van der Waals surface area contributed by atoms with Crippen molar-refractivity contribution in [1.82, 2.24) is 4.98 Å². The van der Waals surface area contributed by atoms with Crippen molar-refractivity contribution < 1.29 is 14.6 Å². The van der Waals surface area contributed by atoms with Crippen molar-refractivity contribution in [3.05, 3.63) is 23.9 Å². The number of piperidine rings is 1. The maximum absolute atomic E-state index is 10.8. The minimum Gasteiger partial charge on any atom is -0.481 e. The highest BCUT2D eigenvalue weighted by Gasteiger charge is 2.27. The number of carboxylic acids is 1. The van der Waals surface area contributed by atoms with Crippen LogP contribution in [0.4, 0.5) is 5.82 Å². The summed E-state index contributed by atoms with van der Waals surface area (Å²) in [5, 5.41) is 17.7. The van der Waals surface area contributed by atoms with E-state index in [0.717, 1.165) is 57.4 Å². The highest BCUT2D eigenvalue weighted by atomic mass is 16.5. The molecule has 1 saturated heterocycles. The zero-order chi connectivity index (χ0) is 17.6. The molecule has 1 N–H and O–H groups in total. The second-order valence-corrected chi connectivity index (χ2v) is 7.08. The molecule has 0 bridgehead atoms. The van der Waals surface area contributed by atoms with E-state index in [1.807, 2.05) is 6.07 Å². The topological polar surface area (TPSA) is 86.5 Å². The quantitative estimate of drug-likeness (QED) is 0.884. The zero-order valence-corrected chi connectivity index (χ0v) is 14.4. The monoisotopic (exact) mass is 343 g/mol. The van der Waals surface area contributed by atoms with Gasteiger partial charge in [0.25, 0.3) is 0 Å². The summed E-state index contributed by atoms with van der Waals surface area (Å²) in [7, 11) is 0. The van der Waals surface area contributed by atoms with Gasteiger partial charge in [-0.3, -0.25) is 4.79 Å². The standard InChI is InChI=1S/C19H25N3O3/c20-12-15-3-6-18(21-13-15)22-9-7-17(8-10-22)25-16-4-1-14(2-5-16)11-19(23)24/h3,6,13-14,16-17H,1-2,4-5,7-11H2,(H,23,24)/t14-,16+. The van der Waals surface area contributed by atoms with Crippen molar-refractivity contribution in [1.29, 1.82) is 5.26 Å². The van der Waals surface area contributed by atoms with Gasteiger partial charge in [-0.05, 0) is 56.6 Å². The molecule has 0 atom stereocenters. The zero-order valence-electron chi connectivity index (χ0n) is 14.4. The molecule has 1 aliphatic carbocycles. The maximum atomic E-state index is 10.8. The third-order valence-corrected chi connectivity index (χ3v) is 5.28. The molecule has 0 radical (unpaired) electrons. The van der Waals surface area contributed by atoms with Gasteiger partial charge < -0.3 is 14.7 Å². The first-order valence-corrected chi connectivity index (χ1v) is 9.12. The molecular formula is C19H25N3O3. The van der Waals surface area contributed by atoms with Crippen LogP contribution in [-0.4, -0.2) is 41.4 Å². The molecule has 0 unspecified atom stereocenters. The van der Waals surface area contributed by atoms with Crippen LogP contribution in [0.1, 0.15) is 50.5 Å². The van der Waals surface area contributed by atoms with Crippen LogP contribution in [-0.2, 0) is 9.53 Å². The van der Waals surface area contributed by atoms with Crippen LogP contribution in [0.25, 0.3) is 0 Å². The fraction of sp³-hybridized carbons (Fsp3) is 0.632. The van der Waals surface area contributed by atoms with Gasteiger partial charge in [0.1, 0.15) is 11.9 Å². The molecule has 2 fully saturated rings. The van der Waals surface area contributed by atoms with Crippen LogP contribution >= 0.6 is 0 Å². The number of nitrogens with zero attached hydrogens (tertiary/aromatic N) is 3. The average Bonchev–Trinajstić information content (AvgIpc) is 2.64. The van der Waals surface area contributed by atoms with E-state index in [9.17, 15) is 4.79 Å². The largest absolute Gasteiger partial charge is 0.481 e. The lowest BCUT2D eigenvalue weighted by molar-refractivity contribution is -0.138. The number of anilines is 1. The van der Waals surface area contributed by atoms with E-state index in [1.165, 1.54) is 0 Å². The van der Waals surface area contributed by atoms with Crippen molar-refractivity contribution in [3.8, 4) is 6.07 Å².